The summed E-state index contributed by atoms with van der Waals surface area (Å²) in [5.74, 6) is -0.208. The van der Waals surface area contributed by atoms with E-state index in [0.717, 1.165) is 0 Å². The van der Waals surface area contributed by atoms with Gasteiger partial charge in [-0.15, -0.1) is 0 Å². The highest BCUT2D eigenvalue weighted by Gasteiger charge is 2.13. The van der Waals surface area contributed by atoms with Crippen LogP contribution in [0.2, 0.25) is 10.0 Å². The highest BCUT2D eigenvalue weighted by atomic mass is 35.5. The molecule has 1 aromatic heterocycles. The molecule has 1 amide bonds. The Bertz CT molecular complexity index is 1030. The highest BCUT2D eigenvalue weighted by molar-refractivity contribution is 6.36. The zero-order valence-electron chi connectivity index (χ0n) is 14.7. The van der Waals surface area contributed by atoms with Crippen molar-refractivity contribution in [1.29, 1.82) is 0 Å². The first-order valence-electron chi connectivity index (χ1n) is 8.28. The van der Waals surface area contributed by atoms with Gasteiger partial charge in [-0.25, -0.2) is 5.43 Å². The Balaban J connectivity index is 1.70. The van der Waals surface area contributed by atoms with Crippen molar-refractivity contribution in [3.05, 3.63) is 63.8 Å². The molecule has 0 saturated carbocycles. The number of aromatic amines is 1. The molecule has 144 valence electrons. The smallest absolute Gasteiger partial charge is 0.289 e. The van der Waals surface area contributed by atoms with Gasteiger partial charge >= 0.3 is 0 Å². The van der Waals surface area contributed by atoms with Crippen LogP contribution in [0.3, 0.4) is 0 Å². The van der Waals surface area contributed by atoms with Crippen molar-refractivity contribution in [2.45, 2.75) is 6.92 Å². The molecular weight excluding hydrogens is 403 g/mol. The van der Waals surface area contributed by atoms with Gasteiger partial charge in [0.2, 0.25) is 0 Å². The van der Waals surface area contributed by atoms with Crippen LogP contribution in [-0.2, 0) is 0 Å². The summed E-state index contributed by atoms with van der Waals surface area (Å²) in [5, 5.41) is 21.6. The van der Waals surface area contributed by atoms with Crippen molar-refractivity contribution in [3.63, 3.8) is 0 Å². The standard InChI is InChI=1S/C19H16Cl2N4O3/c1-2-28-17-5-3-4-11(18(17)26)10-22-25-19(27)16-9-15(23-24-16)13-7-6-12(20)8-14(13)21/h3-10,26H,2H2,1H3,(H,23,24)(H,25,27). The SMILES string of the molecule is CCOc1cccc(C=NNC(=O)c2cc(-c3ccc(Cl)cc3Cl)n[nH]2)c1O. The summed E-state index contributed by atoms with van der Waals surface area (Å²) in [4.78, 5) is 12.2. The monoisotopic (exact) mass is 418 g/mol. The van der Waals surface area contributed by atoms with Crippen LogP contribution >= 0.6 is 23.2 Å². The summed E-state index contributed by atoms with van der Waals surface area (Å²) in [6, 6.07) is 11.5. The number of hydrazone groups is 1. The van der Waals surface area contributed by atoms with Crippen LogP contribution in [0, 0.1) is 0 Å². The summed E-state index contributed by atoms with van der Waals surface area (Å²) in [7, 11) is 0. The number of halogens is 2. The molecule has 0 radical (unpaired) electrons. The Labute approximate surface area is 170 Å². The van der Waals surface area contributed by atoms with Gasteiger partial charge in [0.1, 0.15) is 5.69 Å². The number of nitrogens with one attached hydrogen (secondary N) is 2. The molecule has 7 nitrogen and oxygen atoms in total. The molecule has 2 aromatic carbocycles. The van der Waals surface area contributed by atoms with E-state index in [1.807, 2.05) is 6.92 Å². The molecule has 0 unspecified atom stereocenters. The summed E-state index contributed by atoms with van der Waals surface area (Å²) >= 11 is 12.0. The van der Waals surface area contributed by atoms with E-state index in [1.165, 1.54) is 6.21 Å². The molecule has 28 heavy (non-hydrogen) atoms. The molecule has 3 rings (SSSR count). The Kier molecular flexibility index (Phi) is 6.18. The number of nitrogens with zero attached hydrogens (tertiary/aromatic N) is 2. The number of carbonyl (C=O) groups is 1. The number of amides is 1. The van der Waals surface area contributed by atoms with E-state index >= 15 is 0 Å². The van der Waals surface area contributed by atoms with Crippen molar-refractivity contribution >= 4 is 35.3 Å². The van der Waals surface area contributed by atoms with Crippen LogP contribution in [-0.4, -0.2) is 34.0 Å². The lowest BCUT2D eigenvalue weighted by molar-refractivity contribution is 0.0950. The fraction of sp³-hybridized carbons (Fsp3) is 0.105. The Morgan fingerprint density at radius 2 is 2.14 bits per heavy atom. The third-order valence-electron chi connectivity index (χ3n) is 3.73. The number of hydrogen-bond acceptors (Lipinski definition) is 5. The first kappa shape index (κ1) is 19.7. The maximum atomic E-state index is 12.2. The molecule has 3 aromatic rings. The number of benzene rings is 2. The number of aromatic hydroxyl groups is 1. The second kappa shape index (κ2) is 8.77. The number of H-pyrrole nitrogens is 1. The molecule has 9 heteroatoms. The molecule has 3 N–H and O–H groups in total. The molecule has 0 aliphatic rings. The van der Waals surface area contributed by atoms with Crippen LogP contribution in [0.25, 0.3) is 11.3 Å². The van der Waals surface area contributed by atoms with Gasteiger partial charge < -0.3 is 9.84 Å². The lowest BCUT2D eigenvalue weighted by Crippen LogP contribution is -2.18. The van der Waals surface area contributed by atoms with Crippen molar-refractivity contribution in [2.75, 3.05) is 6.61 Å². The first-order valence-corrected chi connectivity index (χ1v) is 9.04. The van der Waals surface area contributed by atoms with E-state index in [1.54, 1.807) is 42.5 Å². The second-order valence-corrected chi connectivity index (χ2v) is 6.46. The lowest BCUT2D eigenvalue weighted by Gasteiger charge is -2.07. The van der Waals surface area contributed by atoms with E-state index in [4.69, 9.17) is 27.9 Å². The quantitative estimate of drug-likeness (QED) is 0.411. The third-order valence-corrected chi connectivity index (χ3v) is 4.28. The average molecular weight is 419 g/mol. The Morgan fingerprint density at radius 3 is 2.89 bits per heavy atom. The predicted molar refractivity (Wildman–Crippen MR) is 108 cm³/mol. The van der Waals surface area contributed by atoms with Gasteiger partial charge in [-0.2, -0.15) is 10.2 Å². The largest absolute Gasteiger partial charge is 0.504 e. The van der Waals surface area contributed by atoms with E-state index < -0.39 is 5.91 Å². The van der Waals surface area contributed by atoms with Crippen LogP contribution in [0.5, 0.6) is 11.5 Å². The average Bonchev–Trinajstić information content (AvgIpc) is 3.14. The number of phenolic OH excluding ortho intramolecular Hbond substituents is 1. The minimum absolute atomic E-state index is 0.0523. The number of hydrogen-bond donors (Lipinski definition) is 3. The number of para-hydroxylation sites is 1. The predicted octanol–water partition coefficient (Wildman–Crippen LogP) is 4.25. The third kappa shape index (κ3) is 4.44. The number of carbonyl (C=O) groups excluding carboxylic acids is 1. The maximum absolute atomic E-state index is 12.2. The van der Waals surface area contributed by atoms with Gasteiger partial charge in [0.05, 0.1) is 23.5 Å². The highest BCUT2D eigenvalue weighted by Crippen LogP contribution is 2.30. The summed E-state index contributed by atoms with van der Waals surface area (Å²) in [6.45, 7) is 2.24. The summed E-state index contributed by atoms with van der Waals surface area (Å²) < 4.78 is 5.30. The van der Waals surface area contributed by atoms with E-state index in [-0.39, 0.29) is 11.4 Å². The van der Waals surface area contributed by atoms with Crippen LogP contribution in [0.15, 0.2) is 47.6 Å². The zero-order valence-corrected chi connectivity index (χ0v) is 16.3. The topological polar surface area (TPSA) is 99.6 Å². The first-order chi connectivity index (χ1) is 13.5. The van der Waals surface area contributed by atoms with E-state index in [0.29, 0.717) is 39.2 Å². The number of aromatic nitrogens is 2. The normalized spacial score (nSPS) is 11.0. The summed E-state index contributed by atoms with van der Waals surface area (Å²) in [5.41, 5.74) is 4.11. The number of rotatable bonds is 6. The van der Waals surface area contributed by atoms with Gasteiger partial charge in [0.25, 0.3) is 5.91 Å². The summed E-state index contributed by atoms with van der Waals surface area (Å²) in [6.07, 6.45) is 1.32. The minimum atomic E-state index is -0.500. The molecule has 0 bridgehead atoms. The van der Waals surface area contributed by atoms with Gasteiger partial charge in [-0.05, 0) is 43.3 Å². The van der Waals surface area contributed by atoms with Crippen molar-refractivity contribution in [1.82, 2.24) is 15.6 Å². The zero-order chi connectivity index (χ0) is 20.1. The fourth-order valence-corrected chi connectivity index (χ4v) is 2.91. The number of ether oxygens (including phenoxy) is 1. The van der Waals surface area contributed by atoms with Gasteiger partial charge in [-0.3, -0.25) is 9.89 Å². The fourth-order valence-electron chi connectivity index (χ4n) is 2.41. The molecule has 0 aliphatic carbocycles. The minimum Gasteiger partial charge on any atom is -0.504 e. The number of phenols is 1. The van der Waals surface area contributed by atoms with Gasteiger partial charge in [-0.1, -0.05) is 29.3 Å². The molecular formula is C19H16Cl2N4O3. The molecule has 0 aliphatic heterocycles. The molecule has 1 heterocycles. The van der Waals surface area contributed by atoms with Crippen LogP contribution in [0.1, 0.15) is 23.0 Å². The molecule has 0 atom stereocenters. The molecule has 0 spiro atoms. The van der Waals surface area contributed by atoms with Crippen molar-refractivity contribution in [3.8, 4) is 22.8 Å². The second-order valence-electron chi connectivity index (χ2n) is 5.62. The Morgan fingerprint density at radius 1 is 1.32 bits per heavy atom. The van der Waals surface area contributed by atoms with Crippen LogP contribution < -0.4 is 10.2 Å². The van der Waals surface area contributed by atoms with E-state index in [9.17, 15) is 9.90 Å². The van der Waals surface area contributed by atoms with Crippen molar-refractivity contribution in [2.24, 2.45) is 5.10 Å². The Hall–Kier alpha value is -3.03. The van der Waals surface area contributed by atoms with Crippen molar-refractivity contribution < 1.29 is 14.6 Å². The van der Waals surface area contributed by atoms with Gasteiger partial charge in [0, 0.05) is 16.1 Å². The van der Waals surface area contributed by atoms with E-state index in [2.05, 4.69) is 20.7 Å². The maximum Gasteiger partial charge on any atom is 0.289 e. The molecule has 0 saturated heterocycles. The van der Waals surface area contributed by atoms with Gasteiger partial charge in [0.15, 0.2) is 11.5 Å². The lowest BCUT2D eigenvalue weighted by atomic mass is 10.1. The molecule has 0 fully saturated rings. The van der Waals surface area contributed by atoms with Crippen LogP contribution in [0.4, 0.5) is 0 Å².